The number of benzene rings is 2. The van der Waals surface area contributed by atoms with Gasteiger partial charge in [0, 0.05) is 13.1 Å². The number of anilines is 1. The summed E-state index contributed by atoms with van der Waals surface area (Å²) in [6.07, 6.45) is 1.73. The van der Waals surface area contributed by atoms with Gasteiger partial charge in [-0.3, -0.25) is 13.9 Å². The molecule has 0 spiro atoms. The molecule has 180 valence electrons. The number of amides is 2. The van der Waals surface area contributed by atoms with Crippen LogP contribution in [0.4, 0.5) is 5.69 Å². The maximum Gasteiger partial charge on any atom is 0.244 e. The van der Waals surface area contributed by atoms with E-state index in [1.807, 2.05) is 38.1 Å². The molecule has 1 atom stereocenters. The molecule has 7 nitrogen and oxygen atoms in total. The Kier molecular flexibility index (Phi) is 9.57. The first-order chi connectivity index (χ1) is 15.5. The molecule has 0 aliphatic heterocycles. The third-order valence-electron chi connectivity index (χ3n) is 5.07. The van der Waals surface area contributed by atoms with E-state index < -0.39 is 28.5 Å². The number of hydrogen-bond acceptors (Lipinski definition) is 4. The molecule has 10 heteroatoms. The molecule has 2 amide bonds. The summed E-state index contributed by atoms with van der Waals surface area (Å²) in [5, 5.41) is 2.98. The van der Waals surface area contributed by atoms with E-state index in [0.29, 0.717) is 6.54 Å². The van der Waals surface area contributed by atoms with E-state index >= 15 is 0 Å². The van der Waals surface area contributed by atoms with Gasteiger partial charge >= 0.3 is 0 Å². The highest BCUT2D eigenvalue weighted by atomic mass is 35.5. The largest absolute Gasteiger partial charge is 0.354 e. The minimum absolute atomic E-state index is 0.0243. The van der Waals surface area contributed by atoms with E-state index in [1.54, 1.807) is 13.0 Å². The van der Waals surface area contributed by atoms with Gasteiger partial charge in [0.1, 0.15) is 12.6 Å². The van der Waals surface area contributed by atoms with Crippen LogP contribution >= 0.6 is 23.2 Å². The molecular weight excluding hydrogens is 485 g/mol. The van der Waals surface area contributed by atoms with Crippen molar-refractivity contribution >= 4 is 50.7 Å². The van der Waals surface area contributed by atoms with Crippen LogP contribution in [0.1, 0.15) is 31.4 Å². The average Bonchev–Trinajstić information content (AvgIpc) is 2.76. The second-order valence-electron chi connectivity index (χ2n) is 7.82. The molecule has 2 aromatic rings. The number of halogens is 2. The summed E-state index contributed by atoms with van der Waals surface area (Å²) in [4.78, 5) is 27.5. The zero-order valence-corrected chi connectivity index (χ0v) is 21.5. The maximum absolute atomic E-state index is 13.4. The fraction of sp³-hybridized carbons (Fsp3) is 0.391. The maximum atomic E-state index is 13.4. The first-order valence-corrected chi connectivity index (χ1v) is 13.1. The van der Waals surface area contributed by atoms with Crippen LogP contribution in [-0.4, -0.2) is 50.5 Å². The zero-order chi connectivity index (χ0) is 24.8. The molecule has 0 fully saturated rings. The summed E-state index contributed by atoms with van der Waals surface area (Å²) >= 11 is 12.3. The second-order valence-corrected chi connectivity index (χ2v) is 10.5. The van der Waals surface area contributed by atoms with Crippen molar-refractivity contribution in [3.63, 3.8) is 0 Å². The molecule has 2 rings (SSSR count). The van der Waals surface area contributed by atoms with E-state index in [2.05, 4.69) is 5.32 Å². The molecule has 0 radical (unpaired) electrons. The Bertz CT molecular complexity index is 1090. The van der Waals surface area contributed by atoms with Crippen LogP contribution in [-0.2, 0) is 26.2 Å². The molecule has 0 bridgehead atoms. The van der Waals surface area contributed by atoms with Crippen LogP contribution in [0.15, 0.2) is 42.5 Å². The summed E-state index contributed by atoms with van der Waals surface area (Å²) in [6, 6.07) is 11.3. The Hall–Kier alpha value is -2.29. The molecule has 2 aromatic carbocycles. The standard InChI is InChI=1S/C23H29Cl2N3O4S/c1-5-13-26-23(30)17(3)27(14-18-11-9-16(2)10-12-18)21(29)15-28(33(4,31)32)20-8-6-7-19(24)22(20)25/h6-12,17H,5,13-15H2,1-4H3,(H,26,30)/t17-/m0/s1. The molecular formula is C23H29Cl2N3O4S. The number of aryl methyl sites for hydroxylation is 1. The van der Waals surface area contributed by atoms with Gasteiger partial charge in [0.25, 0.3) is 0 Å². The SMILES string of the molecule is CCCNC(=O)[C@H](C)N(Cc1ccc(C)cc1)C(=O)CN(c1cccc(Cl)c1Cl)S(C)(=O)=O. The Morgan fingerprint density at radius 2 is 1.73 bits per heavy atom. The molecule has 33 heavy (non-hydrogen) atoms. The summed E-state index contributed by atoms with van der Waals surface area (Å²) in [6.45, 7) is 5.58. The lowest BCUT2D eigenvalue weighted by molar-refractivity contribution is -0.139. The minimum Gasteiger partial charge on any atom is -0.354 e. The van der Waals surface area contributed by atoms with Gasteiger partial charge in [-0.1, -0.05) is 66.0 Å². The smallest absolute Gasteiger partial charge is 0.244 e. The number of nitrogens with zero attached hydrogens (tertiary/aromatic N) is 2. The van der Waals surface area contributed by atoms with E-state index in [9.17, 15) is 18.0 Å². The van der Waals surface area contributed by atoms with Gasteiger partial charge in [-0.25, -0.2) is 8.42 Å². The van der Waals surface area contributed by atoms with Crippen molar-refractivity contribution in [2.75, 3.05) is 23.7 Å². The van der Waals surface area contributed by atoms with Gasteiger partial charge in [0.05, 0.1) is 22.0 Å². The lowest BCUT2D eigenvalue weighted by Crippen LogP contribution is -2.51. The van der Waals surface area contributed by atoms with Crippen molar-refractivity contribution in [2.24, 2.45) is 0 Å². The molecule has 0 saturated heterocycles. The minimum atomic E-state index is -3.88. The molecule has 0 aliphatic carbocycles. The van der Waals surface area contributed by atoms with E-state index in [-0.39, 0.29) is 28.2 Å². The summed E-state index contributed by atoms with van der Waals surface area (Å²) in [5.41, 5.74) is 1.97. The molecule has 0 aromatic heterocycles. The monoisotopic (exact) mass is 513 g/mol. The molecule has 0 saturated carbocycles. The normalized spacial score (nSPS) is 12.2. The molecule has 0 aliphatic rings. The Morgan fingerprint density at radius 3 is 2.30 bits per heavy atom. The van der Waals surface area contributed by atoms with Crippen molar-refractivity contribution < 1.29 is 18.0 Å². The molecule has 0 unspecified atom stereocenters. The van der Waals surface area contributed by atoms with Gasteiger partial charge in [-0.05, 0) is 38.0 Å². The predicted molar refractivity (Wildman–Crippen MR) is 133 cm³/mol. The van der Waals surface area contributed by atoms with Crippen molar-refractivity contribution in [1.82, 2.24) is 10.2 Å². The van der Waals surface area contributed by atoms with Crippen molar-refractivity contribution in [1.29, 1.82) is 0 Å². The number of nitrogens with one attached hydrogen (secondary N) is 1. The van der Waals surface area contributed by atoms with Crippen molar-refractivity contribution in [3.05, 3.63) is 63.6 Å². The number of sulfonamides is 1. The highest BCUT2D eigenvalue weighted by molar-refractivity contribution is 7.92. The van der Waals surface area contributed by atoms with Crippen LogP contribution in [0.5, 0.6) is 0 Å². The van der Waals surface area contributed by atoms with Gasteiger partial charge in [0.15, 0.2) is 0 Å². The zero-order valence-electron chi connectivity index (χ0n) is 19.1. The second kappa shape index (κ2) is 11.7. The van der Waals surface area contributed by atoms with E-state index in [1.165, 1.54) is 17.0 Å². The van der Waals surface area contributed by atoms with Crippen LogP contribution in [0.2, 0.25) is 10.0 Å². The number of carbonyl (C=O) groups excluding carboxylic acids is 2. The van der Waals surface area contributed by atoms with Crippen LogP contribution < -0.4 is 9.62 Å². The topological polar surface area (TPSA) is 86.8 Å². The van der Waals surface area contributed by atoms with Gasteiger partial charge in [-0.2, -0.15) is 0 Å². The van der Waals surface area contributed by atoms with Crippen LogP contribution in [0.25, 0.3) is 0 Å². The third kappa shape index (κ3) is 7.35. The highest BCUT2D eigenvalue weighted by Crippen LogP contribution is 2.33. The number of rotatable bonds is 10. The fourth-order valence-electron chi connectivity index (χ4n) is 3.15. The Morgan fingerprint density at radius 1 is 1.09 bits per heavy atom. The Balaban J connectivity index is 2.40. The van der Waals surface area contributed by atoms with Crippen LogP contribution in [0.3, 0.4) is 0 Å². The summed E-state index contributed by atoms with van der Waals surface area (Å²) in [5.74, 6) is -0.861. The van der Waals surface area contributed by atoms with E-state index in [4.69, 9.17) is 23.2 Å². The van der Waals surface area contributed by atoms with Crippen molar-refractivity contribution in [2.45, 2.75) is 39.8 Å². The molecule has 1 N–H and O–H groups in total. The first-order valence-electron chi connectivity index (χ1n) is 10.5. The lowest BCUT2D eigenvalue weighted by atomic mass is 10.1. The summed E-state index contributed by atoms with van der Waals surface area (Å²) < 4.78 is 26.0. The summed E-state index contributed by atoms with van der Waals surface area (Å²) in [7, 11) is -3.88. The molecule has 0 heterocycles. The third-order valence-corrected chi connectivity index (χ3v) is 7.00. The van der Waals surface area contributed by atoms with Crippen LogP contribution in [0, 0.1) is 6.92 Å². The lowest BCUT2D eigenvalue weighted by Gasteiger charge is -2.31. The Labute approximate surface area is 205 Å². The number of carbonyl (C=O) groups is 2. The first kappa shape index (κ1) is 27.0. The fourth-order valence-corrected chi connectivity index (χ4v) is 4.45. The predicted octanol–water partition coefficient (Wildman–Crippen LogP) is 4.01. The van der Waals surface area contributed by atoms with E-state index in [0.717, 1.165) is 28.1 Å². The van der Waals surface area contributed by atoms with Gasteiger partial charge < -0.3 is 10.2 Å². The average molecular weight is 514 g/mol. The van der Waals surface area contributed by atoms with Gasteiger partial charge in [0.2, 0.25) is 21.8 Å². The quantitative estimate of drug-likeness (QED) is 0.519. The van der Waals surface area contributed by atoms with Crippen molar-refractivity contribution in [3.8, 4) is 0 Å². The number of hydrogen-bond donors (Lipinski definition) is 1. The van der Waals surface area contributed by atoms with Gasteiger partial charge in [-0.15, -0.1) is 0 Å². The highest BCUT2D eigenvalue weighted by Gasteiger charge is 2.31.